The summed E-state index contributed by atoms with van der Waals surface area (Å²) < 4.78 is 10.0. The maximum absolute atomic E-state index is 12.3. The lowest BCUT2D eigenvalue weighted by molar-refractivity contribution is 0.102. The van der Waals surface area contributed by atoms with E-state index in [0.717, 1.165) is 0 Å². The molecule has 3 aromatic heterocycles. The van der Waals surface area contributed by atoms with Gasteiger partial charge in [-0.05, 0) is 26.8 Å². The van der Waals surface area contributed by atoms with Crippen molar-refractivity contribution in [3.8, 4) is 0 Å². The molecule has 7 heteroatoms. The van der Waals surface area contributed by atoms with Crippen molar-refractivity contribution >= 4 is 22.8 Å². The summed E-state index contributed by atoms with van der Waals surface area (Å²) in [6.45, 7) is 5.30. The predicted molar refractivity (Wildman–Crippen MR) is 70.5 cm³/mol. The van der Waals surface area contributed by atoms with Crippen molar-refractivity contribution in [1.82, 2.24) is 15.3 Å². The Labute approximate surface area is 113 Å². The van der Waals surface area contributed by atoms with Gasteiger partial charge in [0.25, 0.3) is 11.6 Å². The van der Waals surface area contributed by atoms with Crippen LogP contribution in [0.25, 0.3) is 11.1 Å². The Morgan fingerprint density at radius 3 is 2.65 bits per heavy atom. The Kier molecular flexibility index (Phi) is 2.74. The molecule has 0 bridgehead atoms. The predicted octanol–water partition coefficient (Wildman–Crippen LogP) is 2.39. The first-order chi connectivity index (χ1) is 9.54. The molecule has 0 aliphatic heterocycles. The molecule has 3 heterocycles. The normalized spacial score (nSPS) is 10.9. The van der Waals surface area contributed by atoms with Crippen LogP contribution < -0.4 is 5.32 Å². The SMILES string of the molecule is Cc1cc(C(=O)Nc2cc(C)on2)c2c(C)noc2n1. The van der Waals surface area contributed by atoms with E-state index in [2.05, 4.69) is 20.6 Å². The lowest BCUT2D eigenvalue weighted by Crippen LogP contribution is -2.13. The molecule has 0 saturated heterocycles. The van der Waals surface area contributed by atoms with Gasteiger partial charge in [-0.3, -0.25) is 4.79 Å². The highest BCUT2D eigenvalue weighted by Gasteiger charge is 2.18. The maximum Gasteiger partial charge on any atom is 0.258 e. The highest BCUT2D eigenvalue weighted by molar-refractivity contribution is 6.12. The van der Waals surface area contributed by atoms with Crippen LogP contribution in [-0.4, -0.2) is 21.2 Å². The molecule has 7 nitrogen and oxygen atoms in total. The van der Waals surface area contributed by atoms with Crippen LogP contribution in [0, 0.1) is 20.8 Å². The average molecular weight is 272 g/mol. The number of amides is 1. The van der Waals surface area contributed by atoms with Gasteiger partial charge in [0, 0.05) is 11.8 Å². The minimum absolute atomic E-state index is 0.305. The number of aryl methyl sites for hydroxylation is 3. The number of carbonyl (C=O) groups excluding carboxylic acids is 1. The summed E-state index contributed by atoms with van der Waals surface area (Å²) in [7, 11) is 0. The van der Waals surface area contributed by atoms with Crippen LogP contribution in [0.15, 0.2) is 21.2 Å². The molecule has 0 saturated carbocycles. The van der Waals surface area contributed by atoms with Crippen LogP contribution in [0.5, 0.6) is 0 Å². The molecule has 0 radical (unpaired) electrons. The lowest BCUT2D eigenvalue weighted by atomic mass is 10.1. The highest BCUT2D eigenvalue weighted by Crippen LogP contribution is 2.22. The second-order valence-electron chi connectivity index (χ2n) is 4.54. The third-order valence-electron chi connectivity index (χ3n) is 2.86. The number of pyridine rings is 1. The average Bonchev–Trinajstić information content (AvgIpc) is 2.95. The maximum atomic E-state index is 12.3. The summed E-state index contributed by atoms with van der Waals surface area (Å²) in [5, 5.41) is 10.9. The van der Waals surface area contributed by atoms with E-state index >= 15 is 0 Å². The van der Waals surface area contributed by atoms with E-state index in [4.69, 9.17) is 9.05 Å². The quantitative estimate of drug-likeness (QED) is 0.769. The Morgan fingerprint density at radius 2 is 1.95 bits per heavy atom. The van der Waals surface area contributed by atoms with Gasteiger partial charge in [-0.15, -0.1) is 0 Å². The molecular formula is C13H12N4O3. The van der Waals surface area contributed by atoms with Gasteiger partial charge in [-0.25, -0.2) is 4.98 Å². The van der Waals surface area contributed by atoms with Crippen molar-refractivity contribution in [3.05, 3.63) is 34.8 Å². The van der Waals surface area contributed by atoms with E-state index in [1.807, 2.05) is 0 Å². The van der Waals surface area contributed by atoms with E-state index < -0.39 is 0 Å². The van der Waals surface area contributed by atoms with E-state index in [1.165, 1.54) is 0 Å². The monoisotopic (exact) mass is 272 g/mol. The van der Waals surface area contributed by atoms with Gasteiger partial charge >= 0.3 is 0 Å². The molecule has 1 amide bonds. The van der Waals surface area contributed by atoms with Gasteiger partial charge in [0.2, 0.25) is 0 Å². The molecule has 3 aromatic rings. The van der Waals surface area contributed by atoms with E-state index in [-0.39, 0.29) is 5.91 Å². The van der Waals surface area contributed by atoms with Crippen molar-refractivity contribution in [2.45, 2.75) is 20.8 Å². The first-order valence-electron chi connectivity index (χ1n) is 6.03. The molecule has 3 rings (SSSR count). The molecule has 0 spiro atoms. The number of rotatable bonds is 2. The van der Waals surface area contributed by atoms with E-state index in [0.29, 0.717) is 39.6 Å². The van der Waals surface area contributed by atoms with Crippen LogP contribution in [0.1, 0.15) is 27.5 Å². The number of nitrogens with zero attached hydrogens (tertiary/aromatic N) is 3. The van der Waals surface area contributed by atoms with Crippen molar-refractivity contribution in [2.24, 2.45) is 0 Å². The Morgan fingerprint density at radius 1 is 1.15 bits per heavy atom. The molecule has 0 aromatic carbocycles. The molecule has 0 fully saturated rings. The number of hydrogen-bond donors (Lipinski definition) is 1. The number of hydrogen-bond acceptors (Lipinski definition) is 6. The number of nitrogens with one attached hydrogen (secondary N) is 1. The molecule has 0 atom stereocenters. The number of carbonyl (C=O) groups is 1. The van der Waals surface area contributed by atoms with E-state index in [9.17, 15) is 4.79 Å². The topological polar surface area (TPSA) is 94.1 Å². The molecule has 0 aliphatic rings. The van der Waals surface area contributed by atoms with Crippen molar-refractivity contribution in [3.63, 3.8) is 0 Å². The van der Waals surface area contributed by atoms with Crippen molar-refractivity contribution < 1.29 is 13.8 Å². The molecule has 20 heavy (non-hydrogen) atoms. The zero-order valence-corrected chi connectivity index (χ0v) is 11.2. The summed E-state index contributed by atoms with van der Waals surface area (Å²) in [4.78, 5) is 16.6. The van der Waals surface area contributed by atoms with Crippen LogP contribution in [0.3, 0.4) is 0 Å². The van der Waals surface area contributed by atoms with Gasteiger partial charge in [-0.2, -0.15) is 0 Å². The third-order valence-corrected chi connectivity index (χ3v) is 2.86. The summed E-state index contributed by atoms with van der Waals surface area (Å²) in [6, 6.07) is 3.33. The Bertz CT molecular complexity index is 803. The zero-order chi connectivity index (χ0) is 14.3. The molecule has 102 valence electrons. The van der Waals surface area contributed by atoms with Crippen LogP contribution in [0.2, 0.25) is 0 Å². The fourth-order valence-electron chi connectivity index (χ4n) is 2.01. The Hall–Kier alpha value is -2.70. The third kappa shape index (κ3) is 2.03. The molecular weight excluding hydrogens is 260 g/mol. The van der Waals surface area contributed by atoms with E-state index in [1.54, 1.807) is 32.9 Å². The first-order valence-corrected chi connectivity index (χ1v) is 6.03. The van der Waals surface area contributed by atoms with Crippen molar-refractivity contribution in [1.29, 1.82) is 0 Å². The fourth-order valence-corrected chi connectivity index (χ4v) is 2.01. The zero-order valence-electron chi connectivity index (χ0n) is 11.2. The first kappa shape index (κ1) is 12.3. The minimum atomic E-state index is -0.305. The van der Waals surface area contributed by atoms with Crippen molar-refractivity contribution in [2.75, 3.05) is 5.32 Å². The van der Waals surface area contributed by atoms with Crippen LogP contribution >= 0.6 is 0 Å². The van der Waals surface area contributed by atoms with Gasteiger partial charge in [0.05, 0.1) is 16.6 Å². The van der Waals surface area contributed by atoms with Gasteiger partial charge < -0.3 is 14.4 Å². The highest BCUT2D eigenvalue weighted by atomic mass is 16.5. The summed E-state index contributed by atoms with van der Waals surface area (Å²) in [5.74, 6) is 0.682. The smallest absolute Gasteiger partial charge is 0.258 e. The standard InChI is InChI=1S/C13H12N4O3/c1-6-4-9(11-8(3)16-20-13(11)14-6)12(18)15-10-5-7(2)19-17-10/h4-5H,1-3H3,(H,15,17,18). The van der Waals surface area contributed by atoms with Crippen LogP contribution in [-0.2, 0) is 0 Å². The summed E-state index contributed by atoms with van der Waals surface area (Å²) in [5.41, 5.74) is 2.10. The van der Waals surface area contributed by atoms with Gasteiger partial charge in [0.15, 0.2) is 5.82 Å². The molecule has 0 unspecified atom stereocenters. The fraction of sp³-hybridized carbons (Fsp3) is 0.231. The molecule has 1 N–H and O–H groups in total. The summed E-state index contributed by atoms with van der Waals surface area (Å²) >= 11 is 0. The van der Waals surface area contributed by atoms with Crippen LogP contribution in [0.4, 0.5) is 5.82 Å². The number of aromatic nitrogens is 3. The number of anilines is 1. The second-order valence-corrected chi connectivity index (χ2v) is 4.54. The summed E-state index contributed by atoms with van der Waals surface area (Å²) in [6.07, 6.45) is 0. The second kappa shape index (κ2) is 4.44. The molecule has 0 aliphatic carbocycles. The minimum Gasteiger partial charge on any atom is -0.360 e. The largest absolute Gasteiger partial charge is 0.360 e. The lowest BCUT2D eigenvalue weighted by Gasteiger charge is -2.03. The Balaban J connectivity index is 2.04. The number of fused-ring (bicyclic) bond motifs is 1. The van der Waals surface area contributed by atoms with Gasteiger partial charge in [-0.1, -0.05) is 10.3 Å². The van der Waals surface area contributed by atoms with Gasteiger partial charge in [0.1, 0.15) is 5.76 Å².